The van der Waals surface area contributed by atoms with Gasteiger partial charge < -0.3 is 5.11 Å². The number of rotatable bonds is 5. The zero-order chi connectivity index (χ0) is 9.56. The van der Waals surface area contributed by atoms with Gasteiger partial charge in [-0.25, -0.2) is 0 Å². The van der Waals surface area contributed by atoms with Crippen LogP contribution < -0.4 is 5.32 Å². The lowest BCUT2D eigenvalue weighted by atomic mass is 10.0. The highest BCUT2D eigenvalue weighted by atomic mass is 16.3. The number of nitrogens with one attached hydrogen (secondary N) is 1. The molecule has 12 heavy (non-hydrogen) atoms. The number of aliphatic hydroxyl groups is 1. The minimum atomic E-state index is -0.447. The number of hydrogen-bond acceptors (Lipinski definition) is 2. The van der Waals surface area contributed by atoms with E-state index in [0.717, 1.165) is 6.54 Å². The third-order valence-electron chi connectivity index (χ3n) is 1.91. The topological polar surface area (TPSA) is 32.3 Å². The van der Waals surface area contributed by atoms with E-state index in [2.05, 4.69) is 24.9 Å². The monoisotopic (exact) mass is 169 g/mol. The summed E-state index contributed by atoms with van der Waals surface area (Å²) in [5, 5.41) is 11.9. The Morgan fingerprint density at radius 1 is 1.58 bits per heavy atom. The first-order valence-electron chi connectivity index (χ1n) is 4.30. The minimum Gasteiger partial charge on any atom is -0.379 e. The molecule has 2 unspecified atom stereocenters. The van der Waals surface area contributed by atoms with Gasteiger partial charge in [0.2, 0.25) is 0 Å². The van der Waals surface area contributed by atoms with Gasteiger partial charge in [0.05, 0.1) is 0 Å². The van der Waals surface area contributed by atoms with E-state index in [-0.39, 0.29) is 0 Å². The van der Waals surface area contributed by atoms with Crippen molar-refractivity contribution in [1.29, 1.82) is 0 Å². The van der Waals surface area contributed by atoms with Crippen LogP contribution in [0.3, 0.4) is 0 Å². The molecular weight excluding hydrogens is 150 g/mol. The van der Waals surface area contributed by atoms with Gasteiger partial charge in [0.1, 0.15) is 6.23 Å². The van der Waals surface area contributed by atoms with Crippen LogP contribution in [0.25, 0.3) is 0 Å². The zero-order valence-corrected chi connectivity index (χ0v) is 8.17. The minimum absolute atomic E-state index is 0.376. The molecule has 0 aromatic heterocycles. The van der Waals surface area contributed by atoms with Crippen LogP contribution in [0, 0.1) is 5.92 Å². The fourth-order valence-corrected chi connectivity index (χ4v) is 0.943. The Kier molecular flexibility index (Phi) is 5.68. The van der Waals surface area contributed by atoms with Crippen LogP contribution in [-0.2, 0) is 0 Å². The Morgan fingerprint density at radius 2 is 2.17 bits per heavy atom. The SMILES string of the molecule is C=CC(C)C(=CC)CNC(C)O. The summed E-state index contributed by atoms with van der Waals surface area (Å²) in [7, 11) is 0. The number of allylic oxidation sites excluding steroid dienone is 2. The van der Waals surface area contributed by atoms with Crippen molar-refractivity contribution < 1.29 is 5.11 Å². The van der Waals surface area contributed by atoms with Gasteiger partial charge in [-0.1, -0.05) is 24.6 Å². The van der Waals surface area contributed by atoms with E-state index in [1.54, 1.807) is 6.92 Å². The molecule has 0 amide bonds. The van der Waals surface area contributed by atoms with Crippen molar-refractivity contribution in [3.63, 3.8) is 0 Å². The highest BCUT2D eigenvalue weighted by Gasteiger charge is 2.03. The van der Waals surface area contributed by atoms with Gasteiger partial charge >= 0.3 is 0 Å². The fraction of sp³-hybridized carbons (Fsp3) is 0.600. The zero-order valence-electron chi connectivity index (χ0n) is 8.17. The summed E-state index contributed by atoms with van der Waals surface area (Å²) < 4.78 is 0. The second-order valence-electron chi connectivity index (χ2n) is 2.94. The lowest BCUT2D eigenvalue weighted by molar-refractivity contribution is 0.160. The summed E-state index contributed by atoms with van der Waals surface area (Å²) in [6.07, 6.45) is 3.51. The third-order valence-corrected chi connectivity index (χ3v) is 1.91. The first-order valence-corrected chi connectivity index (χ1v) is 4.30. The predicted octanol–water partition coefficient (Wildman–Crippen LogP) is 1.68. The average molecular weight is 169 g/mol. The van der Waals surface area contributed by atoms with Crippen LogP contribution in [0.4, 0.5) is 0 Å². The van der Waals surface area contributed by atoms with Gasteiger partial charge in [0.15, 0.2) is 0 Å². The summed E-state index contributed by atoms with van der Waals surface area (Å²) in [6.45, 7) is 10.3. The second kappa shape index (κ2) is 5.98. The van der Waals surface area contributed by atoms with Gasteiger partial charge in [0.25, 0.3) is 0 Å². The van der Waals surface area contributed by atoms with Crippen molar-refractivity contribution >= 4 is 0 Å². The molecule has 0 aliphatic heterocycles. The Bertz CT molecular complexity index is 161. The molecule has 0 rings (SSSR count). The van der Waals surface area contributed by atoms with Crippen LogP contribution in [0.1, 0.15) is 20.8 Å². The first-order chi connectivity index (χ1) is 5.61. The van der Waals surface area contributed by atoms with Crippen molar-refractivity contribution in [2.45, 2.75) is 27.0 Å². The maximum Gasteiger partial charge on any atom is 0.102 e. The quantitative estimate of drug-likeness (QED) is 0.485. The smallest absolute Gasteiger partial charge is 0.102 e. The van der Waals surface area contributed by atoms with Crippen LogP contribution in [0.5, 0.6) is 0 Å². The molecule has 2 atom stereocenters. The standard InChI is InChI=1S/C10H19NO/c1-5-8(3)10(6-2)7-11-9(4)12/h5-6,8-9,11-12H,1,7H2,2-4H3. The molecule has 0 aromatic rings. The molecule has 0 heterocycles. The van der Waals surface area contributed by atoms with Crippen LogP contribution in [0.2, 0.25) is 0 Å². The summed E-state index contributed by atoms with van der Waals surface area (Å²) in [5.41, 5.74) is 1.26. The molecular formula is C10H19NO. The molecule has 2 heteroatoms. The highest BCUT2D eigenvalue weighted by molar-refractivity contribution is 5.11. The molecule has 2 nitrogen and oxygen atoms in total. The number of aliphatic hydroxyl groups excluding tert-OH is 1. The third kappa shape index (κ3) is 4.31. The van der Waals surface area contributed by atoms with E-state index in [0.29, 0.717) is 5.92 Å². The Labute approximate surface area is 75.0 Å². The Balaban J connectivity index is 3.93. The molecule has 0 saturated heterocycles. The van der Waals surface area contributed by atoms with Gasteiger partial charge in [-0.15, -0.1) is 6.58 Å². The van der Waals surface area contributed by atoms with Crippen molar-refractivity contribution in [1.82, 2.24) is 5.32 Å². The van der Waals surface area contributed by atoms with E-state index in [1.165, 1.54) is 5.57 Å². The highest BCUT2D eigenvalue weighted by Crippen LogP contribution is 2.09. The van der Waals surface area contributed by atoms with E-state index in [1.807, 2.05) is 13.0 Å². The fourth-order valence-electron chi connectivity index (χ4n) is 0.943. The van der Waals surface area contributed by atoms with Crippen LogP contribution in [-0.4, -0.2) is 17.9 Å². The van der Waals surface area contributed by atoms with E-state index < -0.39 is 6.23 Å². The van der Waals surface area contributed by atoms with Crippen molar-refractivity contribution in [3.05, 3.63) is 24.3 Å². The maximum absolute atomic E-state index is 8.99. The Morgan fingerprint density at radius 3 is 2.50 bits per heavy atom. The molecule has 2 N–H and O–H groups in total. The second-order valence-corrected chi connectivity index (χ2v) is 2.94. The normalized spacial score (nSPS) is 17.2. The molecule has 0 radical (unpaired) electrons. The summed E-state index contributed by atoms with van der Waals surface area (Å²) in [5.74, 6) is 0.376. The van der Waals surface area contributed by atoms with Crippen molar-refractivity contribution in [2.24, 2.45) is 5.92 Å². The summed E-state index contributed by atoms with van der Waals surface area (Å²) in [4.78, 5) is 0. The molecule has 0 fully saturated rings. The lowest BCUT2D eigenvalue weighted by Crippen LogP contribution is -2.28. The van der Waals surface area contributed by atoms with Crippen LogP contribution >= 0.6 is 0 Å². The average Bonchev–Trinajstić information content (AvgIpc) is 2.04. The molecule has 0 bridgehead atoms. The van der Waals surface area contributed by atoms with E-state index >= 15 is 0 Å². The predicted molar refractivity (Wildman–Crippen MR) is 52.8 cm³/mol. The Hall–Kier alpha value is -0.600. The molecule has 0 spiro atoms. The van der Waals surface area contributed by atoms with Crippen LogP contribution in [0.15, 0.2) is 24.3 Å². The molecule has 70 valence electrons. The summed E-state index contributed by atoms with van der Waals surface area (Å²) in [6, 6.07) is 0. The van der Waals surface area contributed by atoms with E-state index in [4.69, 9.17) is 5.11 Å². The lowest BCUT2D eigenvalue weighted by Gasteiger charge is -2.14. The van der Waals surface area contributed by atoms with Gasteiger partial charge in [0, 0.05) is 6.54 Å². The van der Waals surface area contributed by atoms with E-state index in [9.17, 15) is 0 Å². The molecule has 0 aliphatic carbocycles. The first kappa shape index (κ1) is 11.4. The molecule has 0 aliphatic rings. The van der Waals surface area contributed by atoms with Gasteiger partial charge in [-0.2, -0.15) is 0 Å². The van der Waals surface area contributed by atoms with Gasteiger partial charge in [-0.3, -0.25) is 5.32 Å². The maximum atomic E-state index is 8.99. The molecule has 0 aromatic carbocycles. The van der Waals surface area contributed by atoms with Gasteiger partial charge in [-0.05, 0) is 19.8 Å². The summed E-state index contributed by atoms with van der Waals surface area (Å²) >= 11 is 0. The van der Waals surface area contributed by atoms with Crippen molar-refractivity contribution in [3.8, 4) is 0 Å². The molecule has 0 saturated carbocycles. The number of hydrogen-bond donors (Lipinski definition) is 2. The largest absolute Gasteiger partial charge is 0.379 e. The van der Waals surface area contributed by atoms with Crippen molar-refractivity contribution in [2.75, 3.05) is 6.54 Å².